The molecule has 0 aliphatic heterocycles. The summed E-state index contributed by atoms with van der Waals surface area (Å²) in [5.41, 5.74) is 5.13. The van der Waals surface area contributed by atoms with Gasteiger partial charge in [-0.25, -0.2) is 4.79 Å². The van der Waals surface area contributed by atoms with E-state index in [0.29, 0.717) is 18.4 Å². The van der Waals surface area contributed by atoms with E-state index in [0.717, 1.165) is 0 Å². The van der Waals surface area contributed by atoms with Crippen LogP contribution in [0.15, 0.2) is 18.2 Å². The zero-order valence-electron chi connectivity index (χ0n) is 25.6. The van der Waals surface area contributed by atoms with E-state index >= 15 is 0 Å². The first kappa shape index (κ1) is 34.9. The Morgan fingerprint density at radius 3 is 1.85 bits per heavy atom. The second-order valence-electron chi connectivity index (χ2n) is 11.7. The van der Waals surface area contributed by atoms with Crippen LogP contribution in [-0.4, -0.2) is 48.9 Å². The quantitative estimate of drug-likeness (QED) is 0.231. The number of carbonyl (C=O) groups excluding carboxylic acids is 4. The van der Waals surface area contributed by atoms with Crippen LogP contribution in [0.25, 0.3) is 0 Å². The SMILES string of the molecule is CCC(C)(C)C(=O)Oc1ccc(C[C@H](N)C(=O)OC[C@H](C)OC(=O)OC(C)C(C)C)cc1OC(=O)C(C)(C)CC. The zero-order chi connectivity index (χ0) is 30.8. The van der Waals surface area contributed by atoms with Gasteiger partial charge in [0, 0.05) is 0 Å². The molecular weight excluding hydrogens is 518 g/mol. The first-order valence-electron chi connectivity index (χ1n) is 13.8. The van der Waals surface area contributed by atoms with Crippen molar-refractivity contribution in [3.8, 4) is 11.5 Å². The summed E-state index contributed by atoms with van der Waals surface area (Å²) in [6.07, 6.45) is -0.751. The van der Waals surface area contributed by atoms with Gasteiger partial charge in [-0.05, 0) is 84.4 Å². The minimum absolute atomic E-state index is 0.0540. The lowest BCUT2D eigenvalue weighted by molar-refractivity contribution is -0.148. The molecule has 1 aromatic rings. The summed E-state index contributed by atoms with van der Waals surface area (Å²) in [5.74, 6) is -1.38. The minimum Gasteiger partial charge on any atom is -0.461 e. The van der Waals surface area contributed by atoms with Crippen LogP contribution in [0.4, 0.5) is 4.79 Å². The summed E-state index contributed by atoms with van der Waals surface area (Å²) in [7, 11) is 0. The Balaban J connectivity index is 2.95. The minimum atomic E-state index is -1.05. The third kappa shape index (κ3) is 10.8. The highest BCUT2D eigenvalue weighted by molar-refractivity contribution is 5.81. The van der Waals surface area contributed by atoms with E-state index in [1.54, 1.807) is 47.6 Å². The number of hydrogen-bond acceptors (Lipinski definition) is 10. The lowest BCUT2D eigenvalue weighted by Crippen LogP contribution is -2.36. The maximum atomic E-state index is 12.8. The molecule has 0 aromatic heterocycles. The predicted octanol–water partition coefficient (Wildman–Crippen LogP) is 5.37. The fraction of sp³-hybridized carbons (Fsp3) is 0.667. The maximum Gasteiger partial charge on any atom is 0.508 e. The molecule has 10 nitrogen and oxygen atoms in total. The molecule has 0 saturated carbocycles. The number of ether oxygens (including phenoxy) is 5. The molecule has 0 heterocycles. The molecule has 0 aliphatic carbocycles. The van der Waals surface area contributed by atoms with Crippen molar-refractivity contribution >= 4 is 24.1 Å². The van der Waals surface area contributed by atoms with Crippen LogP contribution in [0.2, 0.25) is 0 Å². The highest BCUT2D eigenvalue weighted by Crippen LogP contribution is 2.34. The van der Waals surface area contributed by atoms with Crippen molar-refractivity contribution in [2.75, 3.05) is 6.61 Å². The third-order valence-corrected chi connectivity index (χ3v) is 7.02. The fourth-order valence-corrected chi connectivity index (χ4v) is 2.77. The zero-order valence-corrected chi connectivity index (χ0v) is 25.6. The summed E-state index contributed by atoms with van der Waals surface area (Å²) in [5, 5.41) is 0. The second-order valence-corrected chi connectivity index (χ2v) is 11.7. The van der Waals surface area contributed by atoms with E-state index in [1.807, 2.05) is 27.7 Å². The smallest absolute Gasteiger partial charge is 0.461 e. The van der Waals surface area contributed by atoms with Crippen molar-refractivity contribution in [2.24, 2.45) is 22.5 Å². The fourth-order valence-electron chi connectivity index (χ4n) is 2.77. The van der Waals surface area contributed by atoms with E-state index in [9.17, 15) is 19.2 Å². The molecule has 0 bridgehead atoms. The molecule has 3 atom stereocenters. The average molecular weight is 566 g/mol. The summed E-state index contributed by atoms with van der Waals surface area (Å²) in [6, 6.07) is 3.62. The topological polar surface area (TPSA) is 140 Å². The van der Waals surface area contributed by atoms with Crippen molar-refractivity contribution in [1.82, 2.24) is 0 Å². The van der Waals surface area contributed by atoms with E-state index in [-0.39, 0.29) is 36.5 Å². The lowest BCUT2D eigenvalue weighted by Gasteiger charge is -2.23. The van der Waals surface area contributed by atoms with Gasteiger partial charge in [-0.1, -0.05) is 33.8 Å². The van der Waals surface area contributed by atoms with Crippen LogP contribution in [0.5, 0.6) is 11.5 Å². The van der Waals surface area contributed by atoms with Gasteiger partial charge in [0.1, 0.15) is 24.9 Å². The number of hydrogen-bond donors (Lipinski definition) is 1. The van der Waals surface area contributed by atoms with Gasteiger partial charge in [-0.3, -0.25) is 14.4 Å². The van der Waals surface area contributed by atoms with Crippen molar-refractivity contribution in [1.29, 1.82) is 0 Å². The van der Waals surface area contributed by atoms with E-state index < -0.39 is 47.0 Å². The molecule has 1 aromatic carbocycles. The van der Waals surface area contributed by atoms with Crippen LogP contribution < -0.4 is 15.2 Å². The first-order valence-corrected chi connectivity index (χ1v) is 13.8. The van der Waals surface area contributed by atoms with Crippen molar-refractivity contribution in [3.63, 3.8) is 0 Å². The maximum absolute atomic E-state index is 12.8. The van der Waals surface area contributed by atoms with Crippen molar-refractivity contribution in [3.05, 3.63) is 23.8 Å². The monoisotopic (exact) mass is 565 g/mol. The largest absolute Gasteiger partial charge is 0.508 e. The van der Waals surface area contributed by atoms with Gasteiger partial charge < -0.3 is 29.4 Å². The summed E-state index contributed by atoms with van der Waals surface area (Å²) < 4.78 is 26.7. The van der Waals surface area contributed by atoms with Gasteiger partial charge >= 0.3 is 24.1 Å². The standard InChI is InChI=1S/C30H47NO9/c1-11-29(7,8)26(33)39-23-14-13-21(16-24(23)40-27(34)30(9,10)12-2)15-22(31)25(32)36-17-19(5)37-28(35)38-20(6)18(3)4/h13-14,16,18-20,22H,11-12,15,17,31H2,1-10H3/t19-,20?,22-/m0/s1. The average Bonchev–Trinajstić information content (AvgIpc) is 2.88. The van der Waals surface area contributed by atoms with Gasteiger partial charge in [0.2, 0.25) is 0 Å². The van der Waals surface area contributed by atoms with Crippen LogP contribution in [0.3, 0.4) is 0 Å². The normalized spacial score (nSPS) is 14.1. The third-order valence-electron chi connectivity index (χ3n) is 7.02. The molecule has 0 aliphatic rings. The molecule has 40 heavy (non-hydrogen) atoms. The summed E-state index contributed by atoms with van der Waals surface area (Å²) >= 11 is 0. The molecule has 0 fully saturated rings. The first-order chi connectivity index (χ1) is 18.4. The Kier molecular flexibility index (Phi) is 13.1. The summed E-state index contributed by atoms with van der Waals surface area (Å²) in [4.78, 5) is 49.9. The highest BCUT2D eigenvalue weighted by Gasteiger charge is 2.31. The highest BCUT2D eigenvalue weighted by atomic mass is 16.7. The molecule has 226 valence electrons. The van der Waals surface area contributed by atoms with Crippen LogP contribution >= 0.6 is 0 Å². The number of carbonyl (C=O) groups is 4. The van der Waals surface area contributed by atoms with Gasteiger partial charge in [-0.2, -0.15) is 0 Å². The Hall–Kier alpha value is -3.14. The number of benzene rings is 1. The Morgan fingerprint density at radius 2 is 1.35 bits per heavy atom. The lowest BCUT2D eigenvalue weighted by atomic mass is 9.90. The number of rotatable bonds is 14. The molecule has 0 radical (unpaired) electrons. The molecule has 2 N–H and O–H groups in total. The van der Waals surface area contributed by atoms with Crippen LogP contribution in [-0.2, 0) is 35.0 Å². The van der Waals surface area contributed by atoms with E-state index in [1.165, 1.54) is 12.1 Å². The number of esters is 3. The molecule has 1 unspecified atom stereocenters. The second kappa shape index (κ2) is 15.0. The molecular formula is C30H47NO9. The molecule has 0 amide bonds. The number of nitrogens with two attached hydrogens (primary N) is 1. The Labute approximate surface area is 238 Å². The van der Waals surface area contributed by atoms with Gasteiger partial charge in [-0.15, -0.1) is 0 Å². The predicted molar refractivity (Wildman–Crippen MR) is 150 cm³/mol. The Bertz CT molecular complexity index is 1030. The van der Waals surface area contributed by atoms with Crippen LogP contribution in [0, 0.1) is 16.7 Å². The van der Waals surface area contributed by atoms with E-state index in [2.05, 4.69) is 0 Å². The molecule has 10 heteroatoms. The van der Waals surface area contributed by atoms with E-state index in [4.69, 9.17) is 29.4 Å². The Morgan fingerprint density at radius 1 is 0.825 bits per heavy atom. The van der Waals surface area contributed by atoms with Crippen molar-refractivity contribution < 1.29 is 42.9 Å². The summed E-state index contributed by atoms with van der Waals surface area (Å²) in [6.45, 7) is 17.7. The molecule has 0 saturated heterocycles. The van der Waals surface area contributed by atoms with Crippen LogP contribution in [0.1, 0.15) is 87.6 Å². The van der Waals surface area contributed by atoms with Crippen molar-refractivity contribution in [2.45, 2.75) is 107 Å². The van der Waals surface area contributed by atoms with Gasteiger partial charge in [0.15, 0.2) is 11.5 Å². The van der Waals surface area contributed by atoms with Gasteiger partial charge in [0.25, 0.3) is 0 Å². The molecule has 1 rings (SSSR count). The van der Waals surface area contributed by atoms with Gasteiger partial charge in [0.05, 0.1) is 10.8 Å². The molecule has 0 spiro atoms.